The SMILES string of the molecule is CC(C)=C(C)c1cc(C(=O)NCc2ccc(C)cc2)ccc1C. The van der Waals surface area contributed by atoms with E-state index in [0.29, 0.717) is 12.1 Å². The molecule has 0 heterocycles. The molecule has 0 spiro atoms. The van der Waals surface area contributed by atoms with Crippen molar-refractivity contribution < 1.29 is 4.79 Å². The molecule has 120 valence electrons. The van der Waals surface area contributed by atoms with Gasteiger partial charge in [-0.1, -0.05) is 41.5 Å². The van der Waals surface area contributed by atoms with Crippen molar-refractivity contribution >= 4 is 11.5 Å². The van der Waals surface area contributed by atoms with Crippen LogP contribution in [0.3, 0.4) is 0 Å². The van der Waals surface area contributed by atoms with Crippen molar-refractivity contribution in [2.45, 2.75) is 41.2 Å². The molecule has 0 unspecified atom stereocenters. The second kappa shape index (κ2) is 7.28. The van der Waals surface area contributed by atoms with Crippen molar-refractivity contribution in [3.63, 3.8) is 0 Å². The number of carbonyl (C=O) groups is 1. The van der Waals surface area contributed by atoms with Crippen LogP contribution in [-0.2, 0) is 6.54 Å². The molecule has 2 rings (SSSR count). The van der Waals surface area contributed by atoms with E-state index in [4.69, 9.17) is 0 Å². The van der Waals surface area contributed by atoms with Gasteiger partial charge in [-0.05, 0) is 69.0 Å². The van der Waals surface area contributed by atoms with E-state index < -0.39 is 0 Å². The van der Waals surface area contributed by atoms with Crippen molar-refractivity contribution in [2.24, 2.45) is 0 Å². The molecule has 0 fully saturated rings. The summed E-state index contributed by atoms with van der Waals surface area (Å²) in [6, 6.07) is 14.1. The van der Waals surface area contributed by atoms with Gasteiger partial charge in [-0.15, -0.1) is 0 Å². The molecule has 2 nitrogen and oxygen atoms in total. The molecule has 0 aliphatic rings. The summed E-state index contributed by atoms with van der Waals surface area (Å²) in [4.78, 5) is 12.4. The lowest BCUT2D eigenvalue weighted by molar-refractivity contribution is 0.0951. The molecular formula is C21H25NO. The molecule has 0 radical (unpaired) electrons. The first-order valence-corrected chi connectivity index (χ1v) is 7.97. The Labute approximate surface area is 139 Å². The van der Waals surface area contributed by atoms with E-state index in [1.54, 1.807) is 0 Å². The largest absolute Gasteiger partial charge is 0.348 e. The Kier molecular flexibility index (Phi) is 5.38. The number of carbonyl (C=O) groups excluding carboxylic acids is 1. The summed E-state index contributed by atoms with van der Waals surface area (Å²) in [5, 5.41) is 2.99. The maximum absolute atomic E-state index is 12.4. The van der Waals surface area contributed by atoms with Gasteiger partial charge in [0, 0.05) is 12.1 Å². The van der Waals surface area contributed by atoms with Crippen LogP contribution in [0.25, 0.3) is 5.57 Å². The molecule has 23 heavy (non-hydrogen) atoms. The maximum atomic E-state index is 12.4. The monoisotopic (exact) mass is 307 g/mol. The number of nitrogens with one attached hydrogen (secondary N) is 1. The van der Waals surface area contributed by atoms with E-state index in [1.165, 1.54) is 22.3 Å². The Morgan fingerprint density at radius 3 is 2.22 bits per heavy atom. The molecule has 1 N–H and O–H groups in total. The Morgan fingerprint density at radius 2 is 1.61 bits per heavy atom. The van der Waals surface area contributed by atoms with E-state index in [9.17, 15) is 4.79 Å². The topological polar surface area (TPSA) is 29.1 Å². The van der Waals surface area contributed by atoms with E-state index in [-0.39, 0.29) is 5.91 Å². The summed E-state index contributed by atoms with van der Waals surface area (Å²) in [7, 11) is 0. The molecule has 0 aromatic heterocycles. The van der Waals surface area contributed by atoms with Gasteiger partial charge in [0.1, 0.15) is 0 Å². The Hall–Kier alpha value is -2.35. The van der Waals surface area contributed by atoms with Gasteiger partial charge >= 0.3 is 0 Å². The number of hydrogen-bond donors (Lipinski definition) is 1. The number of amides is 1. The summed E-state index contributed by atoms with van der Waals surface area (Å²) >= 11 is 0. The fourth-order valence-electron chi connectivity index (χ4n) is 2.43. The van der Waals surface area contributed by atoms with Crippen molar-refractivity contribution in [1.29, 1.82) is 0 Å². The third-order valence-corrected chi connectivity index (χ3v) is 4.23. The van der Waals surface area contributed by atoms with Crippen LogP contribution in [0.15, 0.2) is 48.0 Å². The summed E-state index contributed by atoms with van der Waals surface area (Å²) in [6.07, 6.45) is 0. The predicted molar refractivity (Wildman–Crippen MR) is 97.5 cm³/mol. The molecule has 0 aliphatic carbocycles. The van der Waals surface area contributed by atoms with Gasteiger partial charge in [0.25, 0.3) is 5.91 Å². The smallest absolute Gasteiger partial charge is 0.251 e. The van der Waals surface area contributed by atoms with Gasteiger partial charge in [0.05, 0.1) is 0 Å². The number of benzene rings is 2. The van der Waals surface area contributed by atoms with Crippen LogP contribution in [0.1, 0.15) is 53.4 Å². The molecule has 1 amide bonds. The minimum absolute atomic E-state index is 0.0339. The van der Waals surface area contributed by atoms with E-state index in [0.717, 1.165) is 11.1 Å². The average molecular weight is 307 g/mol. The molecule has 2 heteroatoms. The second-order valence-corrected chi connectivity index (χ2v) is 6.32. The van der Waals surface area contributed by atoms with E-state index >= 15 is 0 Å². The van der Waals surface area contributed by atoms with Gasteiger partial charge in [0.2, 0.25) is 0 Å². The lowest BCUT2D eigenvalue weighted by Crippen LogP contribution is -2.22. The summed E-state index contributed by atoms with van der Waals surface area (Å²) in [5.74, 6) is -0.0339. The number of rotatable bonds is 4. The van der Waals surface area contributed by atoms with Gasteiger partial charge in [-0.25, -0.2) is 0 Å². The highest BCUT2D eigenvalue weighted by Crippen LogP contribution is 2.23. The van der Waals surface area contributed by atoms with Crippen LogP contribution in [0.2, 0.25) is 0 Å². The minimum atomic E-state index is -0.0339. The second-order valence-electron chi connectivity index (χ2n) is 6.32. The molecule has 2 aromatic rings. The Morgan fingerprint density at radius 1 is 0.957 bits per heavy atom. The highest BCUT2D eigenvalue weighted by Gasteiger charge is 2.09. The lowest BCUT2D eigenvalue weighted by atomic mass is 9.96. The van der Waals surface area contributed by atoms with Crippen LogP contribution in [0.5, 0.6) is 0 Å². The van der Waals surface area contributed by atoms with Crippen LogP contribution < -0.4 is 5.32 Å². The van der Waals surface area contributed by atoms with Gasteiger partial charge in [-0.3, -0.25) is 4.79 Å². The molecular weight excluding hydrogens is 282 g/mol. The van der Waals surface area contributed by atoms with E-state index in [1.807, 2.05) is 30.3 Å². The van der Waals surface area contributed by atoms with E-state index in [2.05, 4.69) is 52.1 Å². The molecule has 0 saturated carbocycles. The first-order valence-electron chi connectivity index (χ1n) is 7.97. The lowest BCUT2D eigenvalue weighted by Gasteiger charge is -2.12. The first kappa shape index (κ1) is 17.0. The van der Waals surface area contributed by atoms with Crippen LogP contribution in [0, 0.1) is 13.8 Å². The summed E-state index contributed by atoms with van der Waals surface area (Å²) in [5.41, 5.74) is 7.88. The van der Waals surface area contributed by atoms with Crippen LogP contribution in [-0.4, -0.2) is 5.91 Å². The number of allylic oxidation sites excluding steroid dienone is 2. The van der Waals surface area contributed by atoms with Crippen molar-refractivity contribution in [1.82, 2.24) is 5.32 Å². The number of aryl methyl sites for hydroxylation is 2. The zero-order valence-electron chi connectivity index (χ0n) is 14.7. The summed E-state index contributed by atoms with van der Waals surface area (Å²) in [6.45, 7) is 11.0. The zero-order valence-corrected chi connectivity index (χ0v) is 14.7. The first-order chi connectivity index (χ1) is 10.9. The minimum Gasteiger partial charge on any atom is -0.348 e. The zero-order chi connectivity index (χ0) is 17.0. The Balaban J connectivity index is 2.15. The molecule has 0 saturated heterocycles. The van der Waals surface area contributed by atoms with Crippen LogP contribution in [0.4, 0.5) is 0 Å². The predicted octanol–water partition coefficient (Wildman–Crippen LogP) is 5.05. The highest BCUT2D eigenvalue weighted by molar-refractivity contribution is 5.95. The highest BCUT2D eigenvalue weighted by atomic mass is 16.1. The normalized spacial score (nSPS) is 10.3. The molecule has 0 bridgehead atoms. The molecule has 0 aliphatic heterocycles. The van der Waals surface area contributed by atoms with Gasteiger partial charge < -0.3 is 5.32 Å². The quantitative estimate of drug-likeness (QED) is 0.841. The maximum Gasteiger partial charge on any atom is 0.251 e. The van der Waals surface area contributed by atoms with Crippen LogP contribution >= 0.6 is 0 Å². The van der Waals surface area contributed by atoms with Gasteiger partial charge in [0.15, 0.2) is 0 Å². The average Bonchev–Trinajstić information content (AvgIpc) is 2.53. The summed E-state index contributed by atoms with van der Waals surface area (Å²) < 4.78 is 0. The molecule has 0 atom stereocenters. The Bertz CT molecular complexity index is 735. The fourth-order valence-corrected chi connectivity index (χ4v) is 2.43. The van der Waals surface area contributed by atoms with Crippen molar-refractivity contribution in [3.05, 3.63) is 75.9 Å². The standard InChI is InChI=1S/C21H25NO/c1-14(2)17(5)20-12-19(11-8-16(20)4)21(23)22-13-18-9-6-15(3)7-10-18/h6-12H,13H2,1-5H3,(H,22,23). The third-order valence-electron chi connectivity index (χ3n) is 4.23. The fraction of sp³-hybridized carbons (Fsp3) is 0.286. The third kappa shape index (κ3) is 4.32. The number of hydrogen-bond acceptors (Lipinski definition) is 1. The molecule has 2 aromatic carbocycles. The van der Waals surface area contributed by atoms with Crippen molar-refractivity contribution in [2.75, 3.05) is 0 Å². The van der Waals surface area contributed by atoms with Crippen molar-refractivity contribution in [3.8, 4) is 0 Å². The van der Waals surface area contributed by atoms with Gasteiger partial charge in [-0.2, -0.15) is 0 Å².